The zero-order chi connectivity index (χ0) is 18.5. The monoisotopic (exact) mass is 364 g/mol. The lowest BCUT2D eigenvalue weighted by Gasteiger charge is -2.26. The maximum Gasteiger partial charge on any atom is 0.193 e. The molecule has 0 atom stereocenters. The van der Waals surface area contributed by atoms with E-state index < -0.39 is 0 Å². The lowest BCUT2D eigenvalue weighted by molar-refractivity contribution is 0.214. The van der Waals surface area contributed by atoms with Gasteiger partial charge in [0, 0.05) is 50.4 Å². The van der Waals surface area contributed by atoms with E-state index in [2.05, 4.69) is 10.2 Å². The average Bonchev–Trinajstić information content (AvgIpc) is 2.72. The normalized spacial score (nSPS) is 15.1. The Morgan fingerprint density at radius 1 is 1.04 bits per heavy atom. The van der Waals surface area contributed by atoms with E-state index >= 15 is 0 Å². The van der Waals surface area contributed by atoms with Crippen molar-refractivity contribution in [2.75, 3.05) is 39.3 Å². The van der Waals surface area contributed by atoms with E-state index in [0.29, 0.717) is 23.3 Å². The molecule has 1 aliphatic heterocycles. The smallest absolute Gasteiger partial charge is 0.193 e. The highest BCUT2D eigenvalue weighted by molar-refractivity contribution is 5.80. The fraction of sp³-hybridized carbons (Fsp3) is 0.318. The molecular formula is C22H24N2O3. The zero-order valence-electron chi connectivity index (χ0n) is 15.3. The minimum atomic E-state index is -0.0413. The summed E-state index contributed by atoms with van der Waals surface area (Å²) in [6, 6.07) is 16.6. The van der Waals surface area contributed by atoms with Crippen LogP contribution in [0.5, 0.6) is 5.75 Å². The lowest BCUT2D eigenvalue weighted by atomic mass is 10.1. The number of hydrogen-bond donors (Lipinski definition) is 1. The molecule has 140 valence electrons. The first-order valence-corrected chi connectivity index (χ1v) is 9.49. The lowest BCUT2D eigenvalue weighted by Crippen LogP contribution is -2.43. The van der Waals surface area contributed by atoms with Crippen molar-refractivity contribution in [3.63, 3.8) is 0 Å². The van der Waals surface area contributed by atoms with E-state index in [0.717, 1.165) is 50.5 Å². The standard InChI is InChI=1S/C22H24N2O3/c25-20-16-21(17-5-2-1-3-6-17)27-22-15-18(7-8-19(20)22)26-14-4-11-24-12-9-23-10-13-24/h1-3,5-8,15-16,23H,4,9-14H2. The van der Waals surface area contributed by atoms with Gasteiger partial charge >= 0.3 is 0 Å². The van der Waals surface area contributed by atoms with Gasteiger partial charge in [-0.15, -0.1) is 0 Å². The summed E-state index contributed by atoms with van der Waals surface area (Å²) in [6.45, 7) is 6.02. The summed E-state index contributed by atoms with van der Waals surface area (Å²) >= 11 is 0. The third-order valence-corrected chi connectivity index (χ3v) is 4.86. The fourth-order valence-corrected chi connectivity index (χ4v) is 3.38. The van der Waals surface area contributed by atoms with E-state index in [1.165, 1.54) is 0 Å². The summed E-state index contributed by atoms with van der Waals surface area (Å²) in [4.78, 5) is 14.9. The molecule has 0 unspecified atom stereocenters. The topological polar surface area (TPSA) is 54.7 Å². The van der Waals surface area contributed by atoms with Gasteiger partial charge in [-0.3, -0.25) is 4.79 Å². The van der Waals surface area contributed by atoms with Crippen molar-refractivity contribution < 1.29 is 9.15 Å². The van der Waals surface area contributed by atoms with Gasteiger partial charge in [0.25, 0.3) is 0 Å². The number of piperazine rings is 1. The zero-order valence-corrected chi connectivity index (χ0v) is 15.3. The third-order valence-electron chi connectivity index (χ3n) is 4.86. The first-order valence-electron chi connectivity index (χ1n) is 9.49. The molecule has 1 aliphatic rings. The third kappa shape index (κ3) is 4.38. The Morgan fingerprint density at radius 3 is 2.67 bits per heavy atom. The van der Waals surface area contributed by atoms with E-state index in [1.807, 2.05) is 42.5 Å². The highest BCUT2D eigenvalue weighted by Gasteiger charge is 2.10. The van der Waals surface area contributed by atoms with Gasteiger partial charge in [0.05, 0.1) is 12.0 Å². The fourth-order valence-electron chi connectivity index (χ4n) is 3.38. The molecular weight excluding hydrogens is 340 g/mol. The number of fused-ring (bicyclic) bond motifs is 1. The molecule has 1 saturated heterocycles. The molecule has 0 saturated carbocycles. The van der Waals surface area contributed by atoms with E-state index in [9.17, 15) is 4.79 Å². The van der Waals surface area contributed by atoms with Crippen LogP contribution in [0, 0.1) is 0 Å². The maximum atomic E-state index is 12.4. The van der Waals surface area contributed by atoms with Gasteiger partial charge < -0.3 is 19.4 Å². The van der Waals surface area contributed by atoms with Crippen LogP contribution >= 0.6 is 0 Å². The van der Waals surface area contributed by atoms with Gasteiger partial charge in [-0.1, -0.05) is 30.3 Å². The van der Waals surface area contributed by atoms with Crippen molar-refractivity contribution in [1.82, 2.24) is 10.2 Å². The Morgan fingerprint density at radius 2 is 1.85 bits per heavy atom. The quantitative estimate of drug-likeness (QED) is 0.681. The molecule has 5 nitrogen and oxygen atoms in total. The molecule has 1 fully saturated rings. The van der Waals surface area contributed by atoms with Crippen LogP contribution in [0.1, 0.15) is 6.42 Å². The van der Waals surface area contributed by atoms with Gasteiger partial charge in [-0.05, 0) is 18.6 Å². The molecule has 3 aromatic rings. The number of hydrogen-bond acceptors (Lipinski definition) is 5. The average molecular weight is 364 g/mol. The van der Waals surface area contributed by atoms with Gasteiger partial charge in [-0.25, -0.2) is 0 Å². The summed E-state index contributed by atoms with van der Waals surface area (Å²) in [6.07, 6.45) is 0.978. The summed E-state index contributed by atoms with van der Waals surface area (Å²) in [7, 11) is 0. The van der Waals surface area contributed by atoms with Crippen molar-refractivity contribution in [2.45, 2.75) is 6.42 Å². The van der Waals surface area contributed by atoms with Crippen LogP contribution in [0.4, 0.5) is 0 Å². The number of benzene rings is 2. The number of ether oxygens (including phenoxy) is 1. The van der Waals surface area contributed by atoms with Crippen molar-refractivity contribution in [1.29, 1.82) is 0 Å². The Bertz CT molecular complexity index is 947. The van der Waals surface area contributed by atoms with Crippen LogP contribution in [0.25, 0.3) is 22.3 Å². The molecule has 4 rings (SSSR count). The van der Waals surface area contributed by atoms with Crippen LogP contribution in [0.2, 0.25) is 0 Å². The van der Waals surface area contributed by atoms with Crippen LogP contribution in [0.3, 0.4) is 0 Å². The second-order valence-electron chi connectivity index (χ2n) is 6.79. The van der Waals surface area contributed by atoms with Gasteiger partial charge in [-0.2, -0.15) is 0 Å². The van der Waals surface area contributed by atoms with Gasteiger partial charge in [0.15, 0.2) is 5.43 Å². The number of nitrogens with zero attached hydrogens (tertiary/aromatic N) is 1. The molecule has 5 heteroatoms. The second kappa shape index (κ2) is 8.37. The molecule has 0 amide bonds. The number of nitrogens with one attached hydrogen (secondary N) is 1. The first kappa shape index (κ1) is 17.8. The molecule has 0 spiro atoms. The Balaban J connectivity index is 1.45. The van der Waals surface area contributed by atoms with Crippen LogP contribution in [-0.4, -0.2) is 44.2 Å². The summed E-state index contributed by atoms with van der Waals surface area (Å²) in [5, 5.41) is 3.93. The second-order valence-corrected chi connectivity index (χ2v) is 6.79. The van der Waals surface area contributed by atoms with Crippen LogP contribution < -0.4 is 15.5 Å². The molecule has 0 bridgehead atoms. The van der Waals surface area contributed by atoms with E-state index in [1.54, 1.807) is 12.1 Å². The summed E-state index contributed by atoms with van der Waals surface area (Å²) in [5.74, 6) is 1.31. The molecule has 0 aliphatic carbocycles. The Labute approximate surface area is 158 Å². The largest absolute Gasteiger partial charge is 0.493 e. The minimum absolute atomic E-state index is 0.0413. The Kier molecular flexibility index (Phi) is 5.51. The predicted molar refractivity (Wildman–Crippen MR) is 107 cm³/mol. The molecule has 2 heterocycles. The molecule has 1 N–H and O–H groups in total. The number of rotatable bonds is 6. The van der Waals surface area contributed by atoms with Crippen molar-refractivity contribution >= 4 is 11.0 Å². The van der Waals surface area contributed by atoms with E-state index in [4.69, 9.17) is 9.15 Å². The maximum absolute atomic E-state index is 12.4. The molecule has 1 aromatic heterocycles. The Hall–Kier alpha value is -2.63. The predicted octanol–water partition coefficient (Wildman–Crippen LogP) is 3.13. The summed E-state index contributed by atoms with van der Waals surface area (Å²) < 4.78 is 11.9. The van der Waals surface area contributed by atoms with Crippen molar-refractivity contribution in [3.05, 3.63) is 64.8 Å². The highest BCUT2D eigenvalue weighted by atomic mass is 16.5. The summed E-state index contributed by atoms with van der Waals surface area (Å²) in [5.41, 5.74) is 1.40. The molecule has 27 heavy (non-hydrogen) atoms. The van der Waals surface area contributed by atoms with Gasteiger partial charge in [0.1, 0.15) is 17.1 Å². The molecule has 2 aromatic carbocycles. The van der Waals surface area contributed by atoms with Crippen LogP contribution in [0.15, 0.2) is 63.8 Å². The molecule has 0 radical (unpaired) electrons. The van der Waals surface area contributed by atoms with Crippen LogP contribution in [-0.2, 0) is 0 Å². The minimum Gasteiger partial charge on any atom is -0.493 e. The first-order chi connectivity index (χ1) is 13.3. The van der Waals surface area contributed by atoms with Gasteiger partial charge in [0.2, 0.25) is 0 Å². The van der Waals surface area contributed by atoms with E-state index in [-0.39, 0.29) is 5.43 Å². The SMILES string of the molecule is O=c1cc(-c2ccccc2)oc2cc(OCCCN3CCNCC3)ccc12. The van der Waals surface area contributed by atoms with Crippen molar-refractivity contribution in [3.8, 4) is 17.1 Å². The van der Waals surface area contributed by atoms with Crippen molar-refractivity contribution in [2.24, 2.45) is 0 Å². The highest BCUT2D eigenvalue weighted by Crippen LogP contribution is 2.24.